The lowest BCUT2D eigenvalue weighted by molar-refractivity contribution is -0.113. The second-order valence-electron chi connectivity index (χ2n) is 7.28. The number of rotatable bonds is 7. The molecule has 6 nitrogen and oxygen atoms in total. The summed E-state index contributed by atoms with van der Waals surface area (Å²) in [6.45, 7) is 2.17. The minimum Gasteiger partial charge on any atom is -0.316 e. The second kappa shape index (κ2) is 9.33. The van der Waals surface area contributed by atoms with Crippen LogP contribution < -0.4 is 5.32 Å². The van der Waals surface area contributed by atoms with E-state index in [1.807, 2.05) is 11.6 Å². The highest BCUT2D eigenvalue weighted by Crippen LogP contribution is 2.37. The van der Waals surface area contributed by atoms with Crippen LogP contribution in [-0.2, 0) is 31.1 Å². The monoisotopic (exact) mass is 457 g/mol. The van der Waals surface area contributed by atoms with Crippen LogP contribution in [0.4, 0.5) is 5.00 Å². The molecule has 156 valence electrons. The molecule has 0 bridgehead atoms. The predicted molar refractivity (Wildman–Crippen MR) is 123 cm³/mol. The Morgan fingerprint density at radius 2 is 2.20 bits per heavy atom. The van der Waals surface area contributed by atoms with Crippen molar-refractivity contribution >= 4 is 45.3 Å². The van der Waals surface area contributed by atoms with Gasteiger partial charge in [0.15, 0.2) is 11.0 Å². The molecule has 9 heteroatoms. The van der Waals surface area contributed by atoms with E-state index in [0.29, 0.717) is 15.7 Å². The van der Waals surface area contributed by atoms with E-state index in [1.165, 1.54) is 21.5 Å². The van der Waals surface area contributed by atoms with Crippen molar-refractivity contribution in [2.24, 2.45) is 7.05 Å². The smallest absolute Gasteiger partial charge is 0.235 e. The number of hydrogen-bond donors (Lipinski definition) is 1. The highest BCUT2D eigenvalue weighted by molar-refractivity contribution is 7.99. The number of nitrogens with zero attached hydrogens (tertiary/aromatic N) is 4. The number of nitriles is 1. The normalized spacial score (nSPS) is 13.1. The Morgan fingerprint density at radius 3 is 3.00 bits per heavy atom. The Bertz CT molecular complexity index is 1100. The molecule has 0 saturated heterocycles. The number of thioether (sulfide) groups is 1. The third kappa shape index (κ3) is 4.31. The van der Waals surface area contributed by atoms with Crippen molar-refractivity contribution in [1.29, 1.82) is 5.26 Å². The summed E-state index contributed by atoms with van der Waals surface area (Å²) in [4.78, 5) is 15.1. The molecule has 0 unspecified atom stereocenters. The largest absolute Gasteiger partial charge is 0.316 e. The van der Waals surface area contributed by atoms with Crippen molar-refractivity contribution in [3.8, 4) is 17.5 Å². The Kier molecular flexibility index (Phi) is 6.56. The Morgan fingerprint density at radius 1 is 1.37 bits per heavy atom. The third-order valence-corrected chi connectivity index (χ3v) is 8.34. The van der Waals surface area contributed by atoms with Crippen LogP contribution in [0.15, 0.2) is 16.6 Å². The predicted octanol–water partition coefficient (Wildman–Crippen LogP) is 5.04. The first-order chi connectivity index (χ1) is 14.6. The van der Waals surface area contributed by atoms with Gasteiger partial charge in [-0.3, -0.25) is 4.79 Å². The number of nitrogens with one attached hydrogen (secondary N) is 1. The molecule has 4 rings (SSSR count). The first kappa shape index (κ1) is 21.1. The molecule has 3 aromatic rings. The summed E-state index contributed by atoms with van der Waals surface area (Å²) >= 11 is 4.65. The van der Waals surface area contributed by atoms with Crippen molar-refractivity contribution in [3.05, 3.63) is 32.3 Å². The molecule has 0 aliphatic heterocycles. The fourth-order valence-corrected chi connectivity index (χ4v) is 6.57. The van der Waals surface area contributed by atoms with Gasteiger partial charge in [0.25, 0.3) is 0 Å². The SMILES string of the molecule is CCCc1cc(-c2nnc(SCC(=O)Nc3sc4c(c3C#N)CCCC4)n2C)cs1. The number of aryl methyl sites for hydroxylation is 2. The third-order valence-electron chi connectivity index (χ3n) is 5.11. The van der Waals surface area contributed by atoms with Gasteiger partial charge in [0.1, 0.15) is 11.1 Å². The number of anilines is 1. The fraction of sp³-hybridized carbons (Fsp3) is 0.429. The van der Waals surface area contributed by atoms with E-state index in [1.54, 1.807) is 22.7 Å². The average Bonchev–Trinajstić information content (AvgIpc) is 3.43. The number of thiophene rings is 2. The van der Waals surface area contributed by atoms with Crippen LogP contribution >= 0.6 is 34.4 Å². The topological polar surface area (TPSA) is 83.6 Å². The summed E-state index contributed by atoms with van der Waals surface area (Å²) < 4.78 is 1.93. The van der Waals surface area contributed by atoms with Gasteiger partial charge in [0, 0.05) is 27.7 Å². The molecule has 0 atom stereocenters. The molecule has 1 aliphatic carbocycles. The minimum atomic E-state index is -0.125. The zero-order valence-electron chi connectivity index (χ0n) is 17.0. The fourth-order valence-electron chi connectivity index (χ4n) is 3.63. The summed E-state index contributed by atoms with van der Waals surface area (Å²) in [6.07, 6.45) is 6.39. The van der Waals surface area contributed by atoms with Crippen molar-refractivity contribution in [1.82, 2.24) is 14.8 Å². The van der Waals surface area contributed by atoms with Crippen LogP contribution in [0.5, 0.6) is 0 Å². The van der Waals surface area contributed by atoms with Gasteiger partial charge in [-0.1, -0.05) is 25.1 Å². The Hall–Kier alpha value is -2.15. The van der Waals surface area contributed by atoms with Crippen LogP contribution in [-0.4, -0.2) is 26.4 Å². The molecular formula is C21H23N5OS3. The maximum absolute atomic E-state index is 12.5. The highest BCUT2D eigenvalue weighted by atomic mass is 32.2. The van der Waals surface area contributed by atoms with E-state index >= 15 is 0 Å². The summed E-state index contributed by atoms with van der Waals surface area (Å²) in [5, 5.41) is 24.6. The van der Waals surface area contributed by atoms with E-state index in [2.05, 4.69) is 40.0 Å². The number of carbonyl (C=O) groups excluding carboxylic acids is 1. The Balaban J connectivity index is 1.41. The number of fused-ring (bicyclic) bond motifs is 1. The molecule has 1 N–H and O–H groups in total. The first-order valence-corrected chi connectivity index (χ1v) is 12.7. The van der Waals surface area contributed by atoms with Gasteiger partial charge in [-0.25, -0.2) is 0 Å². The molecule has 0 radical (unpaired) electrons. The minimum absolute atomic E-state index is 0.125. The van der Waals surface area contributed by atoms with Gasteiger partial charge in [0.2, 0.25) is 5.91 Å². The zero-order valence-corrected chi connectivity index (χ0v) is 19.5. The van der Waals surface area contributed by atoms with E-state index < -0.39 is 0 Å². The van der Waals surface area contributed by atoms with E-state index in [-0.39, 0.29) is 11.7 Å². The van der Waals surface area contributed by atoms with Gasteiger partial charge in [-0.05, 0) is 43.7 Å². The lowest BCUT2D eigenvalue weighted by atomic mass is 9.96. The first-order valence-electron chi connectivity index (χ1n) is 10.0. The van der Waals surface area contributed by atoms with E-state index in [4.69, 9.17) is 0 Å². The quantitative estimate of drug-likeness (QED) is 0.503. The molecule has 1 amide bonds. The number of amides is 1. The average molecular weight is 458 g/mol. The van der Waals surface area contributed by atoms with Gasteiger partial charge >= 0.3 is 0 Å². The second-order valence-corrected chi connectivity index (χ2v) is 10.3. The molecule has 3 aromatic heterocycles. The van der Waals surface area contributed by atoms with E-state index in [9.17, 15) is 10.1 Å². The van der Waals surface area contributed by atoms with Crippen molar-refractivity contribution < 1.29 is 4.79 Å². The van der Waals surface area contributed by atoms with Crippen LogP contribution in [0.3, 0.4) is 0 Å². The lowest BCUT2D eigenvalue weighted by Gasteiger charge is -2.09. The lowest BCUT2D eigenvalue weighted by Crippen LogP contribution is -2.14. The molecule has 30 heavy (non-hydrogen) atoms. The zero-order chi connectivity index (χ0) is 21.1. The van der Waals surface area contributed by atoms with Crippen molar-refractivity contribution in [2.45, 2.75) is 50.6 Å². The number of aromatic nitrogens is 3. The molecule has 0 saturated carbocycles. The van der Waals surface area contributed by atoms with Crippen LogP contribution in [0.2, 0.25) is 0 Å². The van der Waals surface area contributed by atoms with Gasteiger partial charge < -0.3 is 9.88 Å². The Labute approximate surface area is 188 Å². The maximum atomic E-state index is 12.5. The molecule has 0 fully saturated rings. The molecule has 0 spiro atoms. The molecule has 0 aromatic carbocycles. The van der Waals surface area contributed by atoms with Gasteiger partial charge in [-0.15, -0.1) is 32.9 Å². The summed E-state index contributed by atoms with van der Waals surface area (Å²) in [6, 6.07) is 4.46. The molecular weight excluding hydrogens is 434 g/mol. The summed E-state index contributed by atoms with van der Waals surface area (Å²) in [5.41, 5.74) is 2.85. The number of hydrogen-bond acceptors (Lipinski definition) is 7. The maximum Gasteiger partial charge on any atom is 0.235 e. The van der Waals surface area contributed by atoms with Crippen LogP contribution in [0.1, 0.15) is 47.1 Å². The summed E-state index contributed by atoms with van der Waals surface area (Å²) in [7, 11) is 1.92. The van der Waals surface area contributed by atoms with Crippen LogP contribution in [0, 0.1) is 11.3 Å². The molecule has 3 heterocycles. The van der Waals surface area contributed by atoms with E-state index in [0.717, 1.165) is 55.5 Å². The van der Waals surface area contributed by atoms with Gasteiger partial charge in [0.05, 0.1) is 11.3 Å². The van der Waals surface area contributed by atoms with Gasteiger partial charge in [-0.2, -0.15) is 5.26 Å². The standard InChI is InChI=1S/C21H23N5OS3/c1-3-6-14-9-13(11-28-14)19-24-25-21(26(19)2)29-12-18(27)23-20-16(10-22)15-7-4-5-8-17(15)30-20/h9,11H,3-8,12H2,1-2H3,(H,23,27). The van der Waals surface area contributed by atoms with Crippen molar-refractivity contribution in [2.75, 3.05) is 11.1 Å². The molecule has 1 aliphatic rings. The van der Waals surface area contributed by atoms with Crippen LogP contribution in [0.25, 0.3) is 11.4 Å². The van der Waals surface area contributed by atoms with Crippen molar-refractivity contribution in [3.63, 3.8) is 0 Å². The highest BCUT2D eigenvalue weighted by Gasteiger charge is 2.22. The number of carbonyl (C=O) groups is 1. The summed E-state index contributed by atoms with van der Waals surface area (Å²) in [5.74, 6) is 0.916.